The lowest BCUT2D eigenvalue weighted by atomic mass is 10.1. The first-order valence-corrected chi connectivity index (χ1v) is 5.45. The van der Waals surface area contributed by atoms with Gasteiger partial charge in [-0.25, -0.2) is 4.39 Å². The van der Waals surface area contributed by atoms with Gasteiger partial charge in [0.15, 0.2) is 6.61 Å². The fourth-order valence-corrected chi connectivity index (χ4v) is 1.48. The van der Waals surface area contributed by atoms with Crippen LogP contribution in [0.4, 0.5) is 4.39 Å². The van der Waals surface area contributed by atoms with Crippen molar-refractivity contribution in [2.45, 2.75) is 26.6 Å². The number of benzene rings is 1. The SMILES string of the molecule is Cc1nnc(COc2ccc([C@H](C)O)c(F)c2)o1. The molecule has 96 valence electrons. The molecule has 0 unspecified atom stereocenters. The van der Waals surface area contributed by atoms with Crippen LogP contribution in [0.5, 0.6) is 5.75 Å². The molecular formula is C12H13FN2O3. The van der Waals surface area contributed by atoms with Gasteiger partial charge < -0.3 is 14.3 Å². The van der Waals surface area contributed by atoms with Gasteiger partial charge in [0.1, 0.15) is 11.6 Å². The van der Waals surface area contributed by atoms with Crippen LogP contribution in [0.25, 0.3) is 0 Å². The number of nitrogens with zero attached hydrogens (tertiary/aromatic N) is 2. The van der Waals surface area contributed by atoms with E-state index < -0.39 is 11.9 Å². The Bertz CT molecular complexity index is 540. The number of rotatable bonds is 4. The third-order valence-corrected chi connectivity index (χ3v) is 2.35. The lowest BCUT2D eigenvalue weighted by Gasteiger charge is -2.08. The van der Waals surface area contributed by atoms with Crippen LogP contribution in [0, 0.1) is 12.7 Å². The molecule has 5 nitrogen and oxygen atoms in total. The van der Waals surface area contributed by atoms with Gasteiger partial charge in [-0.3, -0.25) is 0 Å². The van der Waals surface area contributed by atoms with E-state index in [0.717, 1.165) is 0 Å². The zero-order valence-electron chi connectivity index (χ0n) is 10.1. The minimum Gasteiger partial charge on any atom is -0.484 e. The molecule has 0 aliphatic heterocycles. The summed E-state index contributed by atoms with van der Waals surface area (Å²) in [6.45, 7) is 3.25. The van der Waals surface area contributed by atoms with E-state index in [4.69, 9.17) is 9.15 Å². The number of aromatic nitrogens is 2. The molecule has 1 heterocycles. The molecule has 0 aliphatic carbocycles. The first-order chi connectivity index (χ1) is 8.56. The van der Waals surface area contributed by atoms with Crippen LogP contribution >= 0.6 is 0 Å². The predicted octanol–water partition coefficient (Wildman–Crippen LogP) is 2.15. The fraction of sp³-hybridized carbons (Fsp3) is 0.333. The second-order valence-electron chi connectivity index (χ2n) is 3.86. The normalized spacial score (nSPS) is 12.4. The Morgan fingerprint density at radius 1 is 1.44 bits per heavy atom. The Balaban J connectivity index is 2.04. The third-order valence-electron chi connectivity index (χ3n) is 2.35. The number of hydrogen-bond donors (Lipinski definition) is 1. The lowest BCUT2D eigenvalue weighted by Crippen LogP contribution is -1.99. The zero-order chi connectivity index (χ0) is 13.1. The van der Waals surface area contributed by atoms with Crippen molar-refractivity contribution in [3.63, 3.8) is 0 Å². The molecule has 6 heteroatoms. The predicted molar refractivity (Wildman–Crippen MR) is 60.4 cm³/mol. The van der Waals surface area contributed by atoms with E-state index in [-0.39, 0.29) is 12.2 Å². The van der Waals surface area contributed by atoms with E-state index in [2.05, 4.69) is 10.2 Å². The zero-order valence-corrected chi connectivity index (χ0v) is 10.1. The van der Waals surface area contributed by atoms with Crippen LogP contribution in [0.1, 0.15) is 30.4 Å². The number of halogens is 1. The third kappa shape index (κ3) is 2.84. The summed E-state index contributed by atoms with van der Waals surface area (Å²) < 4.78 is 24.0. The summed E-state index contributed by atoms with van der Waals surface area (Å²) in [6.07, 6.45) is -0.849. The Labute approximate surface area is 103 Å². The van der Waals surface area contributed by atoms with Gasteiger partial charge in [-0.2, -0.15) is 0 Å². The summed E-state index contributed by atoms with van der Waals surface area (Å²) in [7, 11) is 0. The highest BCUT2D eigenvalue weighted by molar-refractivity contribution is 5.30. The summed E-state index contributed by atoms with van der Waals surface area (Å²) in [6, 6.07) is 4.27. The second kappa shape index (κ2) is 5.14. The second-order valence-corrected chi connectivity index (χ2v) is 3.86. The number of ether oxygens (including phenoxy) is 1. The number of aliphatic hydroxyl groups is 1. The van der Waals surface area contributed by atoms with Crippen molar-refractivity contribution >= 4 is 0 Å². The van der Waals surface area contributed by atoms with Crippen molar-refractivity contribution in [2.75, 3.05) is 0 Å². The molecule has 0 saturated heterocycles. The van der Waals surface area contributed by atoms with Crippen molar-refractivity contribution < 1.29 is 18.7 Å². The van der Waals surface area contributed by atoms with Gasteiger partial charge in [-0.15, -0.1) is 10.2 Å². The maximum atomic E-state index is 13.5. The van der Waals surface area contributed by atoms with E-state index >= 15 is 0 Å². The van der Waals surface area contributed by atoms with Gasteiger partial charge in [0.2, 0.25) is 5.89 Å². The molecule has 1 atom stereocenters. The van der Waals surface area contributed by atoms with Crippen molar-refractivity contribution in [1.82, 2.24) is 10.2 Å². The summed E-state index contributed by atoms with van der Waals surface area (Å²) in [5.41, 5.74) is 0.232. The molecule has 0 saturated carbocycles. The Hall–Kier alpha value is -1.95. The minimum absolute atomic E-state index is 0.0777. The Morgan fingerprint density at radius 3 is 2.78 bits per heavy atom. The molecule has 1 aromatic carbocycles. The average molecular weight is 252 g/mol. The van der Waals surface area contributed by atoms with Crippen molar-refractivity contribution in [1.29, 1.82) is 0 Å². The van der Waals surface area contributed by atoms with Crippen molar-refractivity contribution in [3.05, 3.63) is 41.4 Å². The lowest BCUT2D eigenvalue weighted by molar-refractivity contribution is 0.193. The summed E-state index contributed by atoms with van der Waals surface area (Å²) in [4.78, 5) is 0. The Morgan fingerprint density at radius 2 is 2.22 bits per heavy atom. The highest BCUT2D eigenvalue weighted by atomic mass is 19.1. The van der Waals surface area contributed by atoms with Crippen LogP contribution < -0.4 is 4.74 Å². The molecular weight excluding hydrogens is 239 g/mol. The molecule has 0 bridgehead atoms. The number of hydrogen-bond acceptors (Lipinski definition) is 5. The van der Waals surface area contributed by atoms with Gasteiger partial charge in [0.25, 0.3) is 5.89 Å². The molecule has 2 rings (SSSR count). The molecule has 0 radical (unpaired) electrons. The van der Waals surface area contributed by atoms with Crippen molar-refractivity contribution in [2.24, 2.45) is 0 Å². The topological polar surface area (TPSA) is 68.4 Å². The van der Waals surface area contributed by atoms with E-state index in [1.165, 1.54) is 19.1 Å². The largest absolute Gasteiger partial charge is 0.484 e. The van der Waals surface area contributed by atoms with Gasteiger partial charge in [0, 0.05) is 18.6 Å². The molecule has 2 aromatic rings. The molecule has 0 aliphatic rings. The summed E-state index contributed by atoms with van der Waals surface area (Å²) in [5.74, 6) is 0.605. The van der Waals surface area contributed by atoms with Crippen LogP contribution in [0.3, 0.4) is 0 Å². The van der Waals surface area contributed by atoms with Gasteiger partial charge in [-0.05, 0) is 19.1 Å². The summed E-state index contributed by atoms with van der Waals surface area (Å²) >= 11 is 0. The first kappa shape index (κ1) is 12.5. The fourth-order valence-electron chi connectivity index (χ4n) is 1.48. The van der Waals surface area contributed by atoms with Crippen LogP contribution in [-0.2, 0) is 6.61 Å². The van der Waals surface area contributed by atoms with Gasteiger partial charge in [-0.1, -0.05) is 0 Å². The quantitative estimate of drug-likeness (QED) is 0.902. The number of aryl methyl sites for hydroxylation is 1. The molecule has 0 amide bonds. The van der Waals surface area contributed by atoms with Gasteiger partial charge in [0.05, 0.1) is 6.10 Å². The maximum absolute atomic E-state index is 13.5. The molecule has 1 aromatic heterocycles. The van der Waals surface area contributed by atoms with E-state index in [9.17, 15) is 9.50 Å². The average Bonchev–Trinajstić information content (AvgIpc) is 2.72. The smallest absolute Gasteiger partial charge is 0.253 e. The van der Waals surface area contributed by atoms with E-state index in [0.29, 0.717) is 17.5 Å². The van der Waals surface area contributed by atoms with Crippen molar-refractivity contribution in [3.8, 4) is 5.75 Å². The molecule has 0 spiro atoms. The molecule has 18 heavy (non-hydrogen) atoms. The minimum atomic E-state index is -0.849. The van der Waals surface area contributed by atoms with E-state index in [1.807, 2.05) is 0 Å². The molecule has 1 N–H and O–H groups in total. The van der Waals surface area contributed by atoms with Crippen LogP contribution in [-0.4, -0.2) is 15.3 Å². The highest BCUT2D eigenvalue weighted by Gasteiger charge is 2.10. The highest BCUT2D eigenvalue weighted by Crippen LogP contribution is 2.22. The monoisotopic (exact) mass is 252 g/mol. The first-order valence-electron chi connectivity index (χ1n) is 5.45. The van der Waals surface area contributed by atoms with Crippen LogP contribution in [0.15, 0.2) is 22.6 Å². The number of aliphatic hydroxyl groups excluding tert-OH is 1. The van der Waals surface area contributed by atoms with Gasteiger partial charge >= 0.3 is 0 Å². The standard InChI is InChI=1S/C12H13FN2O3/c1-7(16)10-4-3-9(5-11(10)13)17-6-12-15-14-8(2)18-12/h3-5,7,16H,6H2,1-2H3/t7-/m0/s1. The maximum Gasteiger partial charge on any atom is 0.253 e. The molecule has 0 fully saturated rings. The Kier molecular flexibility index (Phi) is 3.57. The van der Waals surface area contributed by atoms with Crippen LogP contribution in [0.2, 0.25) is 0 Å². The van der Waals surface area contributed by atoms with E-state index in [1.54, 1.807) is 13.0 Å². The summed E-state index contributed by atoms with van der Waals surface area (Å²) in [5, 5.41) is 16.7.